The predicted molar refractivity (Wildman–Crippen MR) is 85.5 cm³/mol. The van der Waals surface area contributed by atoms with Crippen LogP contribution < -0.4 is 9.64 Å². The van der Waals surface area contributed by atoms with Gasteiger partial charge in [0.25, 0.3) is 0 Å². The number of benzene rings is 1. The summed E-state index contributed by atoms with van der Waals surface area (Å²) in [6.45, 7) is 4.18. The van der Waals surface area contributed by atoms with Crippen LogP contribution in [0.1, 0.15) is 32.3 Å². The van der Waals surface area contributed by atoms with Gasteiger partial charge in [0.15, 0.2) is 0 Å². The first-order valence-corrected chi connectivity index (χ1v) is 7.64. The van der Waals surface area contributed by atoms with Crippen molar-refractivity contribution in [3.63, 3.8) is 0 Å². The molecule has 0 bridgehead atoms. The van der Waals surface area contributed by atoms with Crippen LogP contribution in [0.4, 0.5) is 5.69 Å². The summed E-state index contributed by atoms with van der Waals surface area (Å²) >= 11 is 0. The van der Waals surface area contributed by atoms with E-state index in [2.05, 4.69) is 4.74 Å². The van der Waals surface area contributed by atoms with Gasteiger partial charge in [-0.2, -0.15) is 0 Å². The normalized spacial score (nSPS) is 18.8. The molecule has 1 aliphatic heterocycles. The molecule has 6 heteroatoms. The number of aliphatic hydroxyl groups is 1. The Hall–Kier alpha value is -2.08. The van der Waals surface area contributed by atoms with Gasteiger partial charge in [-0.15, -0.1) is 0 Å². The Bertz CT molecular complexity index is 584. The van der Waals surface area contributed by atoms with Crippen LogP contribution in [-0.2, 0) is 20.9 Å². The van der Waals surface area contributed by atoms with E-state index in [0.29, 0.717) is 25.1 Å². The lowest BCUT2D eigenvalue weighted by Gasteiger charge is -2.45. The lowest BCUT2D eigenvalue weighted by atomic mass is 9.94. The van der Waals surface area contributed by atoms with Crippen molar-refractivity contribution in [1.29, 1.82) is 0 Å². The second-order valence-electron chi connectivity index (χ2n) is 6.12. The highest BCUT2D eigenvalue weighted by molar-refractivity contribution is 5.74. The Labute approximate surface area is 136 Å². The van der Waals surface area contributed by atoms with E-state index in [1.54, 1.807) is 12.1 Å². The van der Waals surface area contributed by atoms with Crippen LogP contribution in [0, 0.1) is 0 Å². The number of carbonyl (C=O) groups is 2. The number of esters is 1. The molecule has 0 amide bonds. The molecule has 0 aromatic heterocycles. The van der Waals surface area contributed by atoms with Crippen molar-refractivity contribution in [2.45, 2.75) is 44.9 Å². The number of aldehydes is 1. The second kappa shape index (κ2) is 7.00. The molecular weight excluding hydrogens is 298 g/mol. The summed E-state index contributed by atoms with van der Waals surface area (Å²) in [4.78, 5) is 24.9. The van der Waals surface area contributed by atoms with E-state index in [1.807, 2.05) is 24.8 Å². The van der Waals surface area contributed by atoms with E-state index in [0.717, 1.165) is 17.5 Å². The molecule has 1 heterocycles. The molecule has 0 saturated heterocycles. The van der Waals surface area contributed by atoms with Gasteiger partial charge < -0.3 is 24.3 Å². The fraction of sp³-hybridized carbons (Fsp3) is 0.529. The summed E-state index contributed by atoms with van der Waals surface area (Å²) < 4.78 is 10.6. The molecule has 0 fully saturated rings. The predicted octanol–water partition coefficient (Wildman–Crippen LogP) is 1.68. The molecule has 1 aromatic carbocycles. The quantitative estimate of drug-likeness (QED) is 0.634. The van der Waals surface area contributed by atoms with Crippen molar-refractivity contribution < 1.29 is 24.2 Å². The lowest BCUT2D eigenvalue weighted by molar-refractivity contribution is -0.140. The standard InChI is InChI=1S/C17H23NO5/c1-17(2)15(11-20)18(8-4-5-16(21)22-3)13-7-6-12(10-19)9-14(13)23-17/h6-7,9,11,15,19H,4-5,8,10H2,1-3H3. The molecule has 0 spiro atoms. The van der Waals surface area contributed by atoms with Gasteiger partial charge in [0.05, 0.1) is 19.4 Å². The average Bonchev–Trinajstić information content (AvgIpc) is 2.52. The maximum atomic E-state index is 11.6. The number of carbonyl (C=O) groups excluding carboxylic acids is 2. The third-order valence-electron chi connectivity index (χ3n) is 4.07. The van der Waals surface area contributed by atoms with Crippen LogP contribution in [0.15, 0.2) is 18.2 Å². The number of hydrogen-bond acceptors (Lipinski definition) is 6. The molecule has 126 valence electrons. The molecular formula is C17H23NO5. The van der Waals surface area contributed by atoms with Crippen LogP contribution in [0.2, 0.25) is 0 Å². The van der Waals surface area contributed by atoms with Gasteiger partial charge in [0, 0.05) is 13.0 Å². The molecule has 1 aliphatic rings. The van der Waals surface area contributed by atoms with Gasteiger partial charge in [0.2, 0.25) is 0 Å². The van der Waals surface area contributed by atoms with Crippen LogP contribution in [-0.4, -0.2) is 42.7 Å². The molecule has 0 saturated carbocycles. The van der Waals surface area contributed by atoms with Gasteiger partial charge in [-0.25, -0.2) is 0 Å². The van der Waals surface area contributed by atoms with Crippen molar-refractivity contribution in [3.05, 3.63) is 23.8 Å². The first-order valence-electron chi connectivity index (χ1n) is 7.64. The minimum atomic E-state index is -0.700. The first kappa shape index (κ1) is 17.3. The van der Waals surface area contributed by atoms with E-state index in [1.165, 1.54) is 7.11 Å². The highest BCUT2D eigenvalue weighted by atomic mass is 16.5. The van der Waals surface area contributed by atoms with Crippen molar-refractivity contribution in [3.8, 4) is 5.75 Å². The second-order valence-corrected chi connectivity index (χ2v) is 6.12. The average molecular weight is 321 g/mol. The Balaban J connectivity index is 2.29. The van der Waals surface area contributed by atoms with Crippen molar-refractivity contribution in [2.24, 2.45) is 0 Å². The minimum absolute atomic E-state index is 0.0729. The zero-order chi connectivity index (χ0) is 17.0. The molecule has 1 aromatic rings. The number of nitrogens with zero attached hydrogens (tertiary/aromatic N) is 1. The Morgan fingerprint density at radius 2 is 2.22 bits per heavy atom. The minimum Gasteiger partial charge on any atom is -0.483 e. The topological polar surface area (TPSA) is 76.1 Å². The summed E-state index contributed by atoms with van der Waals surface area (Å²) in [5.41, 5.74) is 0.843. The summed E-state index contributed by atoms with van der Waals surface area (Å²) in [6.07, 6.45) is 1.75. The summed E-state index contributed by atoms with van der Waals surface area (Å²) in [5.74, 6) is 0.369. The van der Waals surface area contributed by atoms with Gasteiger partial charge in [-0.3, -0.25) is 4.79 Å². The van der Waals surface area contributed by atoms with Gasteiger partial charge >= 0.3 is 5.97 Å². The maximum Gasteiger partial charge on any atom is 0.305 e. The number of ether oxygens (including phenoxy) is 2. The molecule has 1 unspecified atom stereocenters. The molecule has 23 heavy (non-hydrogen) atoms. The van der Waals surface area contributed by atoms with Crippen LogP contribution in [0.25, 0.3) is 0 Å². The van der Waals surface area contributed by atoms with Gasteiger partial charge in [-0.05, 0) is 38.0 Å². The van der Waals surface area contributed by atoms with Crippen molar-refractivity contribution >= 4 is 17.9 Å². The van der Waals surface area contributed by atoms with Crippen LogP contribution in [0.3, 0.4) is 0 Å². The third-order valence-corrected chi connectivity index (χ3v) is 4.07. The first-order chi connectivity index (χ1) is 10.9. The molecule has 1 atom stereocenters. The zero-order valence-electron chi connectivity index (χ0n) is 13.7. The summed E-state index contributed by atoms with van der Waals surface area (Å²) in [6, 6.07) is 4.97. The van der Waals surface area contributed by atoms with Gasteiger partial charge in [0.1, 0.15) is 23.7 Å². The smallest absolute Gasteiger partial charge is 0.305 e. The molecule has 1 N–H and O–H groups in total. The molecule has 0 radical (unpaired) electrons. The molecule has 0 aliphatic carbocycles. The van der Waals surface area contributed by atoms with Gasteiger partial charge in [-0.1, -0.05) is 6.07 Å². The molecule has 2 rings (SSSR count). The highest BCUT2D eigenvalue weighted by Gasteiger charge is 2.41. The number of hydrogen-bond donors (Lipinski definition) is 1. The number of methoxy groups -OCH3 is 1. The Kier molecular flexibility index (Phi) is 5.26. The van der Waals surface area contributed by atoms with E-state index in [-0.39, 0.29) is 12.6 Å². The third kappa shape index (κ3) is 3.64. The molecule has 6 nitrogen and oxygen atoms in total. The SMILES string of the molecule is COC(=O)CCCN1c2ccc(CO)cc2OC(C)(C)C1C=O. The highest BCUT2D eigenvalue weighted by Crippen LogP contribution is 2.40. The van der Waals surface area contributed by atoms with Crippen LogP contribution in [0.5, 0.6) is 5.75 Å². The Morgan fingerprint density at radius 1 is 1.48 bits per heavy atom. The van der Waals surface area contributed by atoms with Crippen LogP contribution >= 0.6 is 0 Å². The van der Waals surface area contributed by atoms with Crippen molar-refractivity contribution in [2.75, 3.05) is 18.6 Å². The van der Waals surface area contributed by atoms with E-state index in [9.17, 15) is 14.7 Å². The Morgan fingerprint density at radius 3 is 2.83 bits per heavy atom. The van der Waals surface area contributed by atoms with E-state index >= 15 is 0 Å². The number of anilines is 1. The monoisotopic (exact) mass is 321 g/mol. The summed E-state index contributed by atoms with van der Waals surface area (Å²) in [5, 5.41) is 9.29. The van der Waals surface area contributed by atoms with E-state index < -0.39 is 11.6 Å². The number of aliphatic hydroxyl groups excluding tert-OH is 1. The number of rotatable bonds is 6. The van der Waals surface area contributed by atoms with Crippen molar-refractivity contribution in [1.82, 2.24) is 0 Å². The van der Waals surface area contributed by atoms with E-state index in [4.69, 9.17) is 4.74 Å². The zero-order valence-corrected chi connectivity index (χ0v) is 13.7. The fourth-order valence-corrected chi connectivity index (χ4v) is 2.84. The fourth-order valence-electron chi connectivity index (χ4n) is 2.84. The summed E-state index contributed by atoms with van der Waals surface area (Å²) in [7, 11) is 1.36. The number of fused-ring (bicyclic) bond motifs is 1. The lowest BCUT2D eigenvalue weighted by Crippen LogP contribution is -2.57. The largest absolute Gasteiger partial charge is 0.483 e. The maximum absolute atomic E-state index is 11.6.